The van der Waals surface area contributed by atoms with Crippen molar-refractivity contribution in [2.75, 3.05) is 12.0 Å². The third kappa shape index (κ3) is 4.67. The molecule has 8 heteroatoms. The molecule has 0 aliphatic carbocycles. The minimum atomic E-state index is -0.472. The molecule has 118 valence electrons. The normalized spacial score (nSPS) is 9.83. The zero-order valence-corrected chi connectivity index (χ0v) is 13.8. The Morgan fingerprint density at radius 2 is 1.83 bits per heavy atom. The lowest BCUT2D eigenvalue weighted by Crippen LogP contribution is -2.33. The van der Waals surface area contributed by atoms with Crippen molar-refractivity contribution in [3.05, 3.63) is 57.0 Å². The van der Waals surface area contributed by atoms with E-state index in [1.165, 1.54) is 12.1 Å². The van der Waals surface area contributed by atoms with E-state index in [2.05, 4.69) is 10.9 Å². The molecule has 2 aromatic carbocycles. The lowest BCUT2D eigenvalue weighted by molar-refractivity contribution is -0.122. The largest absolute Gasteiger partial charge is 0.482 e. The summed E-state index contributed by atoms with van der Waals surface area (Å²) in [5.41, 5.74) is 5.67. The number of hydrazine groups is 1. The number of para-hydroxylation sites is 1. The number of benzene rings is 2. The number of carbonyl (C=O) groups is 1. The van der Waals surface area contributed by atoms with Gasteiger partial charge in [-0.2, -0.15) is 5.26 Å². The molecule has 23 heavy (non-hydrogen) atoms. The number of halogens is 3. The van der Waals surface area contributed by atoms with Gasteiger partial charge in [0.2, 0.25) is 0 Å². The summed E-state index contributed by atoms with van der Waals surface area (Å²) in [6, 6.07) is 11.6. The van der Waals surface area contributed by atoms with E-state index >= 15 is 0 Å². The highest BCUT2D eigenvalue weighted by Gasteiger charge is 2.10. The van der Waals surface area contributed by atoms with Crippen molar-refractivity contribution in [1.29, 1.82) is 5.26 Å². The predicted octanol–water partition coefficient (Wildman–Crippen LogP) is 4.04. The van der Waals surface area contributed by atoms with E-state index in [0.717, 1.165) is 0 Å². The van der Waals surface area contributed by atoms with Crippen LogP contribution in [-0.4, -0.2) is 12.5 Å². The summed E-state index contributed by atoms with van der Waals surface area (Å²) in [5.74, 6) is -0.146. The van der Waals surface area contributed by atoms with Crippen LogP contribution in [0.5, 0.6) is 5.75 Å². The maximum Gasteiger partial charge on any atom is 0.276 e. The van der Waals surface area contributed by atoms with Crippen molar-refractivity contribution < 1.29 is 9.53 Å². The van der Waals surface area contributed by atoms with E-state index in [1.807, 2.05) is 6.07 Å². The Labute approximate surface area is 147 Å². The molecule has 1 amide bonds. The van der Waals surface area contributed by atoms with E-state index in [-0.39, 0.29) is 16.7 Å². The molecule has 0 saturated carbocycles. The average molecular weight is 371 g/mol. The third-order valence-corrected chi connectivity index (χ3v) is 3.51. The van der Waals surface area contributed by atoms with E-state index in [0.29, 0.717) is 22.0 Å². The van der Waals surface area contributed by atoms with E-state index < -0.39 is 5.91 Å². The van der Waals surface area contributed by atoms with Gasteiger partial charge < -0.3 is 4.74 Å². The number of ether oxygens (including phenoxy) is 1. The standard InChI is InChI=1S/C15H10Cl3N3O2/c16-10-5-11(17)15(12(18)6-10)21-20-14(22)8-23-13-4-2-1-3-9(13)7-19/h1-6,21H,8H2,(H,20,22). The van der Waals surface area contributed by atoms with Gasteiger partial charge in [-0.1, -0.05) is 46.9 Å². The molecular formula is C15H10Cl3N3O2. The van der Waals surface area contributed by atoms with Crippen LogP contribution in [0.3, 0.4) is 0 Å². The van der Waals surface area contributed by atoms with Gasteiger partial charge in [0.05, 0.1) is 21.3 Å². The first-order valence-electron chi connectivity index (χ1n) is 6.32. The highest BCUT2D eigenvalue weighted by molar-refractivity contribution is 6.41. The van der Waals surface area contributed by atoms with Crippen LogP contribution in [0, 0.1) is 11.3 Å². The molecule has 0 spiro atoms. The highest BCUT2D eigenvalue weighted by atomic mass is 35.5. The summed E-state index contributed by atoms with van der Waals surface area (Å²) in [5, 5.41) is 9.84. The smallest absolute Gasteiger partial charge is 0.276 e. The molecule has 2 aromatic rings. The third-order valence-electron chi connectivity index (χ3n) is 2.70. The van der Waals surface area contributed by atoms with Crippen LogP contribution in [-0.2, 0) is 4.79 Å². The van der Waals surface area contributed by atoms with Crippen molar-refractivity contribution in [3.63, 3.8) is 0 Å². The quantitative estimate of drug-likeness (QED) is 0.779. The van der Waals surface area contributed by atoms with Crippen LogP contribution in [0.15, 0.2) is 36.4 Å². The maximum atomic E-state index is 11.8. The Kier molecular flexibility index (Phi) is 5.94. The molecule has 0 unspecified atom stereocenters. The molecule has 0 aromatic heterocycles. The van der Waals surface area contributed by atoms with Gasteiger partial charge in [0.25, 0.3) is 5.91 Å². The molecule has 0 aliphatic heterocycles. The number of anilines is 1. The molecule has 0 heterocycles. The highest BCUT2D eigenvalue weighted by Crippen LogP contribution is 2.33. The van der Waals surface area contributed by atoms with Crippen LogP contribution < -0.4 is 15.6 Å². The molecular weight excluding hydrogens is 361 g/mol. The first-order valence-corrected chi connectivity index (χ1v) is 7.46. The molecule has 0 radical (unpaired) electrons. The Bertz CT molecular complexity index is 752. The lowest BCUT2D eigenvalue weighted by atomic mass is 10.2. The molecule has 0 atom stereocenters. The van der Waals surface area contributed by atoms with E-state index in [9.17, 15) is 4.79 Å². The molecule has 0 bridgehead atoms. The van der Waals surface area contributed by atoms with Gasteiger partial charge >= 0.3 is 0 Å². The number of nitrogens with one attached hydrogen (secondary N) is 2. The zero-order valence-electron chi connectivity index (χ0n) is 11.6. The van der Waals surface area contributed by atoms with Gasteiger partial charge in [-0.25, -0.2) is 0 Å². The first-order chi connectivity index (χ1) is 11.0. The minimum Gasteiger partial charge on any atom is -0.482 e. The Balaban J connectivity index is 1.93. The lowest BCUT2D eigenvalue weighted by Gasteiger charge is -2.13. The Hall–Kier alpha value is -2.13. The van der Waals surface area contributed by atoms with Crippen molar-refractivity contribution in [2.24, 2.45) is 0 Å². The number of amides is 1. The zero-order chi connectivity index (χ0) is 16.8. The summed E-state index contributed by atoms with van der Waals surface area (Å²) in [4.78, 5) is 11.8. The number of rotatable bonds is 5. The summed E-state index contributed by atoms with van der Waals surface area (Å²) in [7, 11) is 0. The van der Waals surface area contributed by atoms with Crippen molar-refractivity contribution in [2.45, 2.75) is 0 Å². The molecule has 0 fully saturated rings. The average Bonchev–Trinajstić information content (AvgIpc) is 2.52. The monoisotopic (exact) mass is 369 g/mol. The van der Waals surface area contributed by atoms with E-state index in [1.54, 1.807) is 24.3 Å². The number of hydrogen-bond donors (Lipinski definition) is 2. The number of nitriles is 1. The van der Waals surface area contributed by atoms with E-state index in [4.69, 9.17) is 44.8 Å². The summed E-state index contributed by atoms with van der Waals surface area (Å²) in [6.07, 6.45) is 0. The van der Waals surface area contributed by atoms with Gasteiger partial charge in [0.15, 0.2) is 6.61 Å². The fourth-order valence-electron chi connectivity index (χ4n) is 1.66. The van der Waals surface area contributed by atoms with Crippen LogP contribution >= 0.6 is 34.8 Å². The number of carbonyl (C=O) groups excluding carboxylic acids is 1. The van der Waals surface area contributed by atoms with Crippen molar-refractivity contribution in [1.82, 2.24) is 5.43 Å². The Morgan fingerprint density at radius 1 is 1.17 bits per heavy atom. The SMILES string of the molecule is N#Cc1ccccc1OCC(=O)NNc1c(Cl)cc(Cl)cc1Cl. The fourth-order valence-corrected chi connectivity index (χ4v) is 2.57. The van der Waals surface area contributed by atoms with Gasteiger partial charge in [0, 0.05) is 5.02 Å². The van der Waals surface area contributed by atoms with Crippen molar-refractivity contribution in [3.8, 4) is 11.8 Å². The van der Waals surface area contributed by atoms with Crippen LogP contribution in [0.25, 0.3) is 0 Å². The minimum absolute atomic E-state index is 0.263. The predicted molar refractivity (Wildman–Crippen MR) is 89.9 cm³/mol. The summed E-state index contributed by atoms with van der Waals surface area (Å²) >= 11 is 17.8. The second-order valence-corrected chi connectivity index (χ2v) is 5.57. The number of nitrogens with zero attached hydrogens (tertiary/aromatic N) is 1. The second kappa shape index (κ2) is 7.93. The van der Waals surface area contributed by atoms with Gasteiger partial charge in [-0.15, -0.1) is 0 Å². The van der Waals surface area contributed by atoms with Crippen LogP contribution in [0.4, 0.5) is 5.69 Å². The topological polar surface area (TPSA) is 74.1 Å². The molecule has 0 saturated heterocycles. The maximum absolute atomic E-state index is 11.8. The molecule has 0 aliphatic rings. The first kappa shape index (κ1) is 17.2. The molecule has 5 nitrogen and oxygen atoms in total. The fraction of sp³-hybridized carbons (Fsp3) is 0.0667. The van der Waals surface area contributed by atoms with Crippen LogP contribution in [0.1, 0.15) is 5.56 Å². The van der Waals surface area contributed by atoms with Crippen LogP contribution in [0.2, 0.25) is 15.1 Å². The summed E-state index contributed by atoms with van der Waals surface area (Å²) in [6.45, 7) is -0.283. The van der Waals surface area contributed by atoms with Gasteiger partial charge in [-0.3, -0.25) is 15.6 Å². The number of hydrogen-bond acceptors (Lipinski definition) is 4. The molecule has 2 N–H and O–H groups in total. The van der Waals surface area contributed by atoms with Crippen molar-refractivity contribution >= 4 is 46.4 Å². The Morgan fingerprint density at radius 3 is 2.48 bits per heavy atom. The second-order valence-electron chi connectivity index (χ2n) is 4.31. The van der Waals surface area contributed by atoms with Gasteiger partial charge in [0.1, 0.15) is 11.8 Å². The summed E-state index contributed by atoms with van der Waals surface area (Å²) < 4.78 is 5.30. The molecule has 2 rings (SSSR count). The van der Waals surface area contributed by atoms with Gasteiger partial charge in [-0.05, 0) is 24.3 Å².